The largest absolute Gasteiger partial charge is 0.460 e. The van der Waals surface area contributed by atoms with Crippen LogP contribution in [-0.2, 0) is 5.92 Å². The lowest BCUT2D eigenvalue weighted by Crippen LogP contribution is -2.50. The van der Waals surface area contributed by atoms with E-state index in [1.54, 1.807) is 0 Å². The summed E-state index contributed by atoms with van der Waals surface area (Å²) in [7, 11) is 0. The zero-order valence-corrected chi connectivity index (χ0v) is 13.0. The maximum absolute atomic E-state index is 14.0. The summed E-state index contributed by atoms with van der Waals surface area (Å²) in [5, 5.41) is 0. The summed E-state index contributed by atoms with van der Waals surface area (Å²) < 4.78 is 92.0. The number of rotatable bonds is 2. The molecule has 0 saturated heterocycles. The van der Waals surface area contributed by atoms with Crippen molar-refractivity contribution in [2.45, 2.75) is 18.0 Å². The van der Waals surface area contributed by atoms with E-state index < -0.39 is 52.0 Å². The Kier molecular flexibility index (Phi) is 3.87. The van der Waals surface area contributed by atoms with E-state index in [1.807, 2.05) is 0 Å². The van der Waals surface area contributed by atoms with Crippen molar-refractivity contribution in [1.82, 2.24) is 0 Å². The lowest BCUT2D eigenvalue weighted by atomic mass is 9.81. The fourth-order valence-electron chi connectivity index (χ4n) is 2.83. The molecule has 1 aliphatic rings. The van der Waals surface area contributed by atoms with E-state index in [-0.39, 0.29) is 17.2 Å². The zero-order chi connectivity index (χ0) is 20.4. The van der Waals surface area contributed by atoms with Crippen LogP contribution in [0.25, 0.3) is 0 Å². The van der Waals surface area contributed by atoms with E-state index in [4.69, 9.17) is 5.73 Å². The Labute approximate surface area is 146 Å². The number of fused-ring (bicyclic) bond motifs is 2. The van der Waals surface area contributed by atoms with E-state index >= 15 is 0 Å². The minimum atomic E-state index is -6.56. The Hall–Kier alpha value is -2.91. The average Bonchev–Trinajstić information content (AvgIpc) is 2.58. The van der Waals surface area contributed by atoms with E-state index in [9.17, 15) is 40.3 Å². The number of ketones is 2. The normalized spacial score (nSPS) is 14.8. The number of benzene rings is 2. The van der Waals surface area contributed by atoms with Gasteiger partial charge in [0.2, 0.25) is 0 Å². The quantitative estimate of drug-likeness (QED) is 0.523. The molecule has 0 amide bonds. The van der Waals surface area contributed by atoms with Crippen LogP contribution in [0.3, 0.4) is 0 Å². The fourth-order valence-corrected chi connectivity index (χ4v) is 2.83. The summed E-state index contributed by atoms with van der Waals surface area (Å²) in [6, 6.07) is 6.07. The second-order valence-corrected chi connectivity index (χ2v) is 5.80. The second kappa shape index (κ2) is 5.54. The lowest BCUT2D eigenvalue weighted by molar-refractivity contribution is -0.359. The molecular formula is C17H8F7NO2. The van der Waals surface area contributed by atoms with Crippen LogP contribution in [0.1, 0.15) is 37.4 Å². The van der Waals surface area contributed by atoms with Gasteiger partial charge in [0.15, 0.2) is 11.6 Å². The molecular weight excluding hydrogens is 383 g/mol. The number of nitrogen functional groups attached to an aromatic ring is 1. The molecule has 2 aromatic carbocycles. The van der Waals surface area contributed by atoms with E-state index in [2.05, 4.69) is 0 Å². The van der Waals surface area contributed by atoms with Gasteiger partial charge in [-0.05, 0) is 12.1 Å². The van der Waals surface area contributed by atoms with Crippen molar-refractivity contribution in [3.63, 3.8) is 0 Å². The lowest BCUT2D eigenvalue weighted by Gasteiger charge is -2.30. The van der Waals surface area contributed by atoms with Gasteiger partial charge in [0.05, 0.1) is 16.8 Å². The number of hydrogen-bond donors (Lipinski definition) is 1. The summed E-state index contributed by atoms with van der Waals surface area (Å²) in [5.74, 6) is -14.0. The van der Waals surface area contributed by atoms with Gasteiger partial charge in [-0.25, -0.2) is 0 Å². The van der Waals surface area contributed by atoms with Crippen molar-refractivity contribution in [1.29, 1.82) is 0 Å². The van der Waals surface area contributed by atoms with Gasteiger partial charge >= 0.3 is 18.0 Å². The minimum absolute atomic E-state index is 0.0606. The third-order valence-corrected chi connectivity index (χ3v) is 4.22. The summed E-state index contributed by atoms with van der Waals surface area (Å²) in [5.41, 5.74) is 0.648. The first-order valence-corrected chi connectivity index (χ1v) is 7.26. The molecule has 0 fully saturated rings. The van der Waals surface area contributed by atoms with E-state index in [0.29, 0.717) is 6.07 Å². The minimum Gasteiger partial charge on any atom is -0.398 e. The Bertz CT molecular complexity index is 980. The van der Waals surface area contributed by atoms with Crippen LogP contribution in [0.5, 0.6) is 0 Å². The zero-order valence-electron chi connectivity index (χ0n) is 13.0. The number of carbonyl (C=O) groups is 2. The maximum Gasteiger partial charge on any atom is 0.460 e. The summed E-state index contributed by atoms with van der Waals surface area (Å²) >= 11 is 0. The first kappa shape index (κ1) is 18.9. The average molecular weight is 391 g/mol. The van der Waals surface area contributed by atoms with Gasteiger partial charge in [0, 0.05) is 16.7 Å². The van der Waals surface area contributed by atoms with Crippen molar-refractivity contribution in [2.24, 2.45) is 0 Å². The van der Waals surface area contributed by atoms with Crippen LogP contribution in [0, 0.1) is 0 Å². The van der Waals surface area contributed by atoms with Crippen molar-refractivity contribution in [2.75, 3.05) is 5.73 Å². The van der Waals surface area contributed by atoms with Gasteiger partial charge in [0.1, 0.15) is 0 Å². The van der Waals surface area contributed by atoms with Crippen LogP contribution in [0.2, 0.25) is 0 Å². The van der Waals surface area contributed by atoms with Gasteiger partial charge in [-0.15, -0.1) is 0 Å². The van der Waals surface area contributed by atoms with Crippen LogP contribution in [0.15, 0.2) is 36.4 Å². The standard InChI is InChI=1S/C17H8F7NO2/c18-15(19,16(20,21)17(22,23)24)10-6-5-9-11(12(10)25)14(27)8-4-2-1-3-7(8)13(9)26/h1-6H,25H2. The smallest absolute Gasteiger partial charge is 0.398 e. The highest BCUT2D eigenvalue weighted by atomic mass is 19.4. The Morgan fingerprint density at radius 1 is 0.704 bits per heavy atom. The third kappa shape index (κ3) is 2.42. The molecule has 2 aromatic rings. The SMILES string of the molecule is Nc1c(C(F)(F)C(F)(F)C(F)(F)F)ccc2c1C(=O)c1ccccc1C2=O. The second-order valence-electron chi connectivity index (χ2n) is 5.80. The van der Waals surface area contributed by atoms with Gasteiger partial charge in [0.25, 0.3) is 0 Å². The highest BCUT2D eigenvalue weighted by molar-refractivity contribution is 6.30. The molecule has 0 aromatic heterocycles. The van der Waals surface area contributed by atoms with Gasteiger partial charge in [-0.1, -0.05) is 24.3 Å². The Morgan fingerprint density at radius 2 is 1.22 bits per heavy atom. The van der Waals surface area contributed by atoms with E-state index in [1.165, 1.54) is 24.3 Å². The molecule has 3 rings (SSSR count). The topological polar surface area (TPSA) is 60.2 Å². The van der Waals surface area contributed by atoms with Crippen molar-refractivity contribution in [3.05, 3.63) is 64.2 Å². The van der Waals surface area contributed by atoms with Gasteiger partial charge < -0.3 is 5.73 Å². The van der Waals surface area contributed by atoms with Crippen molar-refractivity contribution >= 4 is 17.3 Å². The predicted octanol–water partition coefficient (Wildman–Crippen LogP) is 4.33. The van der Waals surface area contributed by atoms with Crippen LogP contribution >= 0.6 is 0 Å². The molecule has 1 aliphatic carbocycles. The molecule has 3 nitrogen and oxygen atoms in total. The molecule has 2 N–H and O–H groups in total. The van der Waals surface area contributed by atoms with Crippen LogP contribution < -0.4 is 5.73 Å². The number of nitrogens with two attached hydrogens (primary N) is 1. The Morgan fingerprint density at radius 3 is 1.74 bits per heavy atom. The van der Waals surface area contributed by atoms with Gasteiger partial charge in [-0.3, -0.25) is 9.59 Å². The molecule has 0 heterocycles. The van der Waals surface area contributed by atoms with Crippen LogP contribution in [0.4, 0.5) is 36.4 Å². The number of hydrogen-bond acceptors (Lipinski definition) is 3. The molecule has 0 spiro atoms. The number of alkyl halides is 7. The highest BCUT2D eigenvalue weighted by Crippen LogP contribution is 2.53. The van der Waals surface area contributed by atoms with E-state index in [0.717, 1.165) is 0 Å². The Balaban J connectivity index is 2.25. The first-order valence-electron chi connectivity index (χ1n) is 7.26. The monoisotopic (exact) mass is 391 g/mol. The molecule has 10 heteroatoms. The molecule has 142 valence electrons. The van der Waals surface area contributed by atoms with Crippen molar-refractivity contribution < 1.29 is 40.3 Å². The number of carbonyl (C=O) groups excluding carboxylic acids is 2. The van der Waals surface area contributed by atoms with Crippen LogP contribution in [-0.4, -0.2) is 23.7 Å². The molecule has 27 heavy (non-hydrogen) atoms. The highest BCUT2D eigenvalue weighted by Gasteiger charge is 2.74. The van der Waals surface area contributed by atoms with Crippen molar-refractivity contribution in [3.8, 4) is 0 Å². The molecule has 0 saturated carbocycles. The molecule has 0 radical (unpaired) electrons. The summed E-state index contributed by atoms with van der Waals surface area (Å²) in [4.78, 5) is 24.9. The summed E-state index contributed by atoms with van der Waals surface area (Å²) in [6.45, 7) is 0. The molecule has 0 aliphatic heterocycles. The molecule has 0 atom stereocenters. The third-order valence-electron chi connectivity index (χ3n) is 4.22. The summed E-state index contributed by atoms with van der Waals surface area (Å²) in [6.07, 6.45) is -6.56. The number of halogens is 7. The predicted molar refractivity (Wildman–Crippen MR) is 79.1 cm³/mol. The molecule has 0 unspecified atom stereocenters. The maximum atomic E-state index is 14.0. The number of anilines is 1. The fraction of sp³-hybridized carbons (Fsp3) is 0.176. The van der Waals surface area contributed by atoms with Gasteiger partial charge in [-0.2, -0.15) is 30.7 Å². The first-order chi connectivity index (χ1) is 12.3. The molecule has 0 bridgehead atoms.